The first-order valence-electron chi connectivity index (χ1n) is 6.94. The van der Waals surface area contributed by atoms with Crippen LogP contribution < -0.4 is 4.74 Å². The average molecular weight is 293 g/mol. The van der Waals surface area contributed by atoms with Gasteiger partial charge in [-0.3, -0.25) is 4.68 Å². The van der Waals surface area contributed by atoms with Gasteiger partial charge in [0.2, 0.25) is 0 Å². The van der Waals surface area contributed by atoms with Crippen molar-refractivity contribution < 1.29 is 4.74 Å². The molecule has 1 unspecified atom stereocenters. The van der Waals surface area contributed by atoms with Crippen molar-refractivity contribution in [3.8, 4) is 5.75 Å². The van der Waals surface area contributed by atoms with Crippen molar-refractivity contribution in [2.75, 3.05) is 0 Å². The summed E-state index contributed by atoms with van der Waals surface area (Å²) in [5.74, 6) is 1.41. The molecule has 0 fully saturated rings. The molecule has 3 nitrogen and oxygen atoms in total. The van der Waals surface area contributed by atoms with E-state index in [1.54, 1.807) is 4.68 Å². The highest BCUT2D eigenvalue weighted by Crippen LogP contribution is 2.30. The molecular weight excluding hydrogens is 272 g/mol. The third-order valence-corrected chi connectivity index (χ3v) is 4.18. The Labute approximate surface area is 125 Å². The van der Waals surface area contributed by atoms with Crippen LogP contribution in [-0.2, 0) is 13.7 Å². The number of hydrogen-bond donors (Lipinski definition) is 0. The molecule has 0 spiro atoms. The quantitative estimate of drug-likeness (QED) is 0.813. The minimum absolute atomic E-state index is 0.450. The summed E-state index contributed by atoms with van der Waals surface area (Å²) in [5, 5.41) is 4.94. The maximum absolute atomic E-state index is 6.23. The number of ether oxygens (including phenoxy) is 1. The van der Waals surface area contributed by atoms with Gasteiger partial charge in [-0.1, -0.05) is 43.6 Å². The fourth-order valence-electron chi connectivity index (χ4n) is 2.23. The molecule has 0 N–H and O–H groups in total. The van der Waals surface area contributed by atoms with Gasteiger partial charge in [-0.25, -0.2) is 0 Å². The molecule has 0 aliphatic rings. The summed E-state index contributed by atoms with van der Waals surface area (Å²) in [4.78, 5) is 0. The number of aromatic nitrogens is 2. The molecule has 0 amide bonds. The molecule has 0 radical (unpaired) electrons. The minimum Gasteiger partial charge on any atom is -0.488 e. The van der Waals surface area contributed by atoms with Crippen molar-refractivity contribution in [2.24, 2.45) is 7.05 Å². The van der Waals surface area contributed by atoms with Crippen LogP contribution in [0.2, 0.25) is 5.15 Å². The summed E-state index contributed by atoms with van der Waals surface area (Å²) in [7, 11) is 1.84. The van der Waals surface area contributed by atoms with Crippen LogP contribution in [0.5, 0.6) is 5.75 Å². The molecule has 1 aromatic heterocycles. The van der Waals surface area contributed by atoms with E-state index in [1.165, 1.54) is 5.56 Å². The van der Waals surface area contributed by atoms with E-state index in [2.05, 4.69) is 31.1 Å². The van der Waals surface area contributed by atoms with Crippen molar-refractivity contribution in [3.63, 3.8) is 0 Å². The first-order chi connectivity index (χ1) is 9.54. The van der Waals surface area contributed by atoms with Crippen molar-refractivity contribution in [2.45, 2.75) is 39.7 Å². The van der Waals surface area contributed by atoms with Gasteiger partial charge in [-0.05, 0) is 30.9 Å². The highest BCUT2D eigenvalue weighted by Gasteiger charge is 2.14. The zero-order valence-electron chi connectivity index (χ0n) is 12.5. The molecule has 1 aromatic carbocycles. The monoisotopic (exact) mass is 292 g/mol. The number of aryl methyl sites for hydroxylation is 2. The van der Waals surface area contributed by atoms with E-state index in [4.69, 9.17) is 16.3 Å². The standard InChI is InChI=1S/C16H21ClN2O/c1-5-11(2)13-8-6-7-9-15(13)20-10-14-12(3)18-19(4)16(14)17/h6-9,11H,5,10H2,1-4H3. The van der Waals surface area contributed by atoms with Crippen LogP contribution in [0.25, 0.3) is 0 Å². The second-order valence-corrected chi connectivity index (χ2v) is 5.47. The Kier molecular flexibility index (Phi) is 4.71. The largest absolute Gasteiger partial charge is 0.488 e. The Bertz CT molecular complexity index is 592. The lowest BCUT2D eigenvalue weighted by molar-refractivity contribution is 0.300. The van der Waals surface area contributed by atoms with Gasteiger partial charge in [0.05, 0.1) is 5.69 Å². The Hall–Kier alpha value is -1.48. The highest BCUT2D eigenvalue weighted by atomic mass is 35.5. The molecule has 20 heavy (non-hydrogen) atoms. The summed E-state index contributed by atoms with van der Waals surface area (Å²) in [6.07, 6.45) is 1.09. The van der Waals surface area contributed by atoms with Crippen molar-refractivity contribution in [3.05, 3.63) is 46.2 Å². The molecule has 4 heteroatoms. The van der Waals surface area contributed by atoms with Crippen molar-refractivity contribution in [1.29, 1.82) is 0 Å². The van der Waals surface area contributed by atoms with Gasteiger partial charge in [0.1, 0.15) is 17.5 Å². The molecule has 0 aliphatic carbocycles. The predicted molar refractivity (Wildman–Crippen MR) is 82.4 cm³/mol. The second-order valence-electron chi connectivity index (χ2n) is 5.11. The summed E-state index contributed by atoms with van der Waals surface area (Å²) >= 11 is 6.23. The van der Waals surface area contributed by atoms with E-state index in [0.29, 0.717) is 17.7 Å². The van der Waals surface area contributed by atoms with Crippen LogP contribution in [0.1, 0.15) is 43.0 Å². The lowest BCUT2D eigenvalue weighted by atomic mass is 9.98. The third kappa shape index (κ3) is 2.98. The van der Waals surface area contributed by atoms with Crippen LogP contribution in [0.15, 0.2) is 24.3 Å². The molecule has 0 aliphatic heterocycles. The Morgan fingerprint density at radius 3 is 2.65 bits per heavy atom. The number of rotatable bonds is 5. The summed E-state index contributed by atoms with van der Waals surface area (Å²) < 4.78 is 7.66. The van der Waals surface area contributed by atoms with Crippen molar-refractivity contribution in [1.82, 2.24) is 9.78 Å². The lowest BCUT2D eigenvalue weighted by Gasteiger charge is -2.15. The second kappa shape index (κ2) is 6.31. The minimum atomic E-state index is 0.450. The van der Waals surface area contributed by atoms with Crippen LogP contribution >= 0.6 is 11.6 Å². The van der Waals surface area contributed by atoms with Gasteiger partial charge in [-0.2, -0.15) is 5.10 Å². The maximum Gasteiger partial charge on any atom is 0.133 e. The zero-order chi connectivity index (χ0) is 14.7. The van der Waals surface area contributed by atoms with E-state index in [1.807, 2.05) is 26.1 Å². The van der Waals surface area contributed by atoms with E-state index < -0.39 is 0 Å². The SMILES string of the molecule is CCC(C)c1ccccc1OCc1c(C)nn(C)c1Cl. The summed E-state index contributed by atoms with van der Waals surface area (Å²) in [6.45, 7) is 6.80. The number of nitrogens with zero attached hydrogens (tertiary/aromatic N) is 2. The van der Waals surface area contributed by atoms with Crippen molar-refractivity contribution >= 4 is 11.6 Å². The number of hydrogen-bond acceptors (Lipinski definition) is 2. The van der Waals surface area contributed by atoms with Crippen LogP contribution in [0.3, 0.4) is 0 Å². The zero-order valence-corrected chi connectivity index (χ0v) is 13.2. The molecule has 0 bridgehead atoms. The average Bonchev–Trinajstić information content (AvgIpc) is 2.70. The summed E-state index contributed by atoms with van der Waals surface area (Å²) in [5.41, 5.74) is 3.11. The van der Waals surface area contributed by atoms with Crippen LogP contribution in [0.4, 0.5) is 0 Å². The topological polar surface area (TPSA) is 27.1 Å². The number of para-hydroxylation sites is 1. The highest BCUT2D eigenvalue weighted by molar-refractivity contribution is 6.30. The van der Waals surface area contributed by atoms with Gasteiger partial charge in [0.25, 0.3) is 0 Å². The predicted octanol–water partition coefficient (Wildman–Crippen LogP) is 4.47. The molecule has 0 saturated carbocycles. The molecule has 2 aromatic rings. The van der Waals surface area contributed by atoms with Gasteiger partial charge in [0, 0.05) is 12.6 Å². The van der Waals surface area contributed by atoms with E-state index in [-0.39, 0.29) is 0 Å². The Balaban J connectivity index is 2.19. The van der Waals surface area contributed by atoms with Crippen LogP contribution in [-0.4, -0.2) is 9.78 Å². The van der Waals surface area contributed by atoms with Gasteiger partial charge in [-0.15, -0.1) is 0 Å². The van der Waals surface area contributed by atoms with E-state index in [9.17, 15) is 0 Å². The number of halogens is 1. The molecule has 1 atom stereocenters. The molecule has 0 saturated heterocycles. The van der Waals surface area contributed by atoms with Gasteiger partial charge < -0.3 is 4.74 Å². The third-order valence-electron chi connectivity index (χ3n) is 3.70. The van der Waals surface area contributed by atoms with Gasteiger partial charge >= 0.3 is 0 Å². The Morgan fingerprint density at radius 2 is 2.05 bits per heavy atom. The fraction of sp³-hybridized carbons (Fsp3) is 0.438. The fourth-order valence-corrected chi connectivity index (χ4v) is 2.46. The van der Waals surface area contributed by atoms with E-state index in [0.717, 1.165) is 23.4 Å². The molecule has 1 heterocycles. The number of benzene rings is 1. The normalized spacial score (nSPS) is 12.4. The smallest absolute Gasteiger partial charge is 0.133 e. The molecule has 108 valence electrons. The van der Waals surface area contributed by atoms with Gasteiger partial charge in [0.15, 0.2) is 0 Å². The van der Waals surface area contributed by atoms with Crippen LogP contribution in [0, 0.1) is 6.92 Å². The van der Waals surface area contributed by atoms with E-state index >= 15 is 0 Å². The lowest BCUT2D eigenvalue weighted by Crippen LogP contribution is -2.01. The molecular formula is C16H21ClN2O. The Morgan fingerprint density at radius 1 is 1.35 bits per heavy atom. The first kappa shape index (κ1) is 14.9. The maximum atomic E-state index is 6.23. The molecule has 2 rings (SSSR count). The summed E-state index contributed by atoms with van der Waals surface area (Å²) in [6, 6.07) is 8.19. The first-order valence-corrected chi connectivity index (χ1v) is 7.32.